The SMILES string of the molecule is C/C=C(/CC)C(=O)N=[N+]=[N-]. The summed E-state index contributed by atoms with van der Waals surface area (Å²) in [6.45, 7) is 3.57. The van der Waals surface area contributed by atoms with E-state index in [9.17, 15) is 4.79 Å². The van der Waals surface area contributed by atoms with Gasteiger partial charge in [-0.1, -0.05) is 13.0 Å². The van der Waals surface area contributed by atoms with Gasteiger partial charge in [0.05, 0.1) is 0 Å². The van der Waals surface area contributed by atoms with E-state index in [1.54, 1.807) is 13.0 Å². The van der Waals surface area contributed by atoms with Crippen LogP contribution in [-0.4, -0.2) is 5.91 Å². The molecule has 0 aromatic heterocycles. The van der Waals surface area contributed by atoms with E-state index in [0.29, 0.717) is 12.0 Å². The van der Waals surface area contributed by atoms with E-state index in [4.69, 9.17) is 5.53 Å². The lowest BCUT2D eigenvalue weighted by Crippen LogP contribution is -1.94. The molecule has 0 aliphatic rings. The summed E-state index contributed by atoms with van der Waals surface area (Å²) in [5.41, 5.74) is 8.44. The van der Waals surface area contributed by atoms with Gasteiger partial charge in [0.2, 0.25) is 5.91 Å². The van der Waals surface area contributed by atoms with Gasteiger partial charge in [-0.15, -0.1) is 0 Å². The Morgan fingerprint density at radius 2 is 2.40 bits per heavy atom. The predicted octanol–water partition coefficient (Wildman–Crippen LogP) is 2.18. The van der Waals surface area contributed by atoms with Gasteiger partial charge in [-0.05, 0) is 29.6 Å². The molecule has 4 heteroatoms. The van der Waals surface area contributed by atoms with Crippen LogP contribution in [0.5, 0.6) is 0 Å². The van der Waals surface area contributed by atoms with Crippen molar-refractivity contribution >= 4 is 5.91 Å². The highest BCUT2D eigenvalue weighted by Gasteiger charge is 2.00. The number of rotatable bonds is 2. The number of azide groups is 1. The van der Waals surface area contributed by atoms with Gasteiger partial charge in [0.1, 0.15) is 0 Å². The third-order valence-corrected chi connectivity index (χ3v) is 1.14. The maximum Gasteiger partial charge on any atom is 0.244 e. The van der Waals surface area contributed by atoms with Crippen LogP contribution in [0.25, 0.3) is 10.4 Å². The number of allylic oxidation sites excluding steroid dienone is 1. The fourth-order valence-corrected chi connectivity index (χ4v) is 0.584. The lowest BCUT2D eigenvalue weighted by molar-refractivity contribution is -0.114. The van der Waals surface area contributed by atoms with E-state index in [1.807, 2.05) is 6.92 Å². The van der Waals surface area contributed by atoms with Crippen molar-refractivity contribution in [2.45, 2.75) is 20.3 Å². The van der Waals surface area contributed by atoms with Crippen LogP contribution in [0.3, 0.4) is 0 Å². The Kier molecular flexibility index (Phi) is 4.00. The molecule has 0 aliphatic carbocycles. The van der Waals surface area contributed by atoms with Crippen LogP contribution >= 0.6 is 0 Å². The highest BCUT2D eigenvalue weighted by molar-refractivity contribution is 5.93. The van der Waals surface area contributed by atoms with E-state index in [-0.39, 0.29) is 0 Å². The standard InChI is InChI=1S/C6H9N3O/c1-3-5(4-2)6(10)8-9-7/h3H,4H2,1-2H3/b5-3-. The fraction of sp³-hybridized carbons (Fsp3) is 0.500. The van der Waals surface area contributed by atoms with Gasteiger partial charge in [0.25, 0.3) is 0 Å². The van der Waals surface area contributed by atoms with Crippen molar-refractivity contribution < 1.29 is 4.79 Å². The van der Waals surface area contributed by atoms with Gasteiger partial charge >= 0.3 is 0 Å². The molecule has 0 aromatic rings. The normalized spacial score (nSPS) is 10.4. The Bertz CT molecular complexity index is 201. The molecule has 4 nitrogen and oxygen atoms in total. The minimum absolute atomic E-state index is 0.479. The van der Waals surface area contributed by atoms with Gasteiger partial charge < -0.3 is 0 Å². The van der Waals surface area contributed by atoms with Crippen molar-refractivity contribution in [3.05, 3.63) is 22.1 Å². The molecule has 0 atom stereocenters. The van der Waals surface area contributed by atoms with Crippen LogP contribution in [0.15, 0.2) is 16.8 Å². The van der Waals surface area contributed by atoms with E-state index in [1.165, 1.54) is 0 Å². The molecule has 0 rings (SSSR count). The number of carbonyl (C=O) groups excluding carboxylic acids is 1. The van der Waals surface area contributed by atoms with Crippen LogP contribution in [0.1, 0.15) is 20.3 Å². The molecule has 0 heterocycles. The maximum absolute atomic E-state index is 10.7. The summed E-state index contributed by atoms with van der Waals surface area (Å²) in [6, 6.07) is 0. The molecule has 0 fully saturated rings. The van der Waals surface area contributed by atoms with Crippen molar-refractivity contribution in [3.8, 4) is 0 Å². The topological polar surface area (TPSA) is 65.8 Å². The first kappa shape index (κ1) is 8.72. The molecule has 0 spiro atoms. The smallest absolute Gasteiger partial charge is 0.244 e. The van der Waals surface area contributed by atoms with Gasteiger partial charge in [-0.2, -0.15) is 0 Å². The summed E-state index contributed by atoms with van der Waals surface area (Å²) in [5, 5.41) is 2.94. The second-order valence-corrected chi connectivity index (χ2v) is 1.66. The first-order chi connectivity index (χ1) is 4.76. The second-order valence-electron chi connectivity index (χ2n) is 1.66. The van der Waals surface area contributed by atoms with Crippen molar-refractivity contribution in [1.29, 1.82) is 0 Å². The van der Waals surface area contributed by atoms with Crippen molar-refractivity contribution in [3.63, 3.8) is 0 Å². The van der Waals surface area contributed by atoms with Crippen molar-refractivity contribution in [1.82, 2.24) is 0 Å². The van der Waals surface area contributed by atoms with Crippen LogP contribution in [0.2, 0.25) is 0 Å². The zero-order valence-electron chi connectivity index (χ0n) is 6.03. The zero-order chi connectivity index (χ0) is 7.98. The van der Waals surface area contributed by atoms with E-state index >= 15 is 0 Å². The maximum atomic E-state index is 10.7. The molecule has 0 saturated carbocycles. The van der Waals surface area contributed by atoms with Gasteiger partial charge in [0.15, 0.2) is 0 Å². The summed E-state index contributed by atoms with van der Waals surface area (Å²) < 4.78 is 0. The number of carbonyl (C=O) groups is 1. The fourth-order valence-electron chi connectivity index (χ4n) is 0.584. The van der Waals surface area contributed by atoms with Gasteiger partial charge in [0, 0.05) is 4.91 Å². The van der Waals surface area contributed by atoms with Crippen LogP contribution in [0.4, 0.5) is 0 Å². The minimum atomic E-state index is -0.479. The summed E-state index contributed by atoms with van der Waals surface area (Å²) in [4.78, 5) is 13.1. The molecule has 10 heavy (non-hydrogen) atoms. The lowest BCUT2D eigenvalue weighted by atomic mass is 10.2. The molecule has 0 aliphatic heterocycles. The number of hydrogen-bond acceptors (Lipinski definition) is 1. The largest absolute Gasteiger partial charge is 0.287 e. The van der Waals surface area contributed by atoms with Crippen LogP contribution < -0.4 is 0 Å². The predicted molar refractivity (Wildman–Crippen MR) is 38.2 cm³/mol. The number of hydrogen-bond donors (Lipinski definition) is 0. The zero-order valence-corrected chi connectivity index (χ0v) is 6.03. The lowest BCUT2D eigenvalue weighted by Gasteiger charge is -1.92. The van der Waals surface area contributed by atoms with Gasteiger partial charge in [-0.25, -0.2) is 0 Å². The third kappa shape index (κ3) is 2.33. The molecule has 54 valence electrons. The molecule has 0 bridgehead atoms. The molecule has 0 aromatic carbocycles. The first-order valence-corrected chi connectivity index (χ1v) is 3.00. The van der Waals surface area contributed by atoms with Crippen LogP contribution in [-0.2, 0) is 4.79 Å². The summed E-state index contributed by atoms with van der Waals surface area (Å²) in [5.74, 6) is -0.479. The highest BCUT2D eigenvalue weighted by Crippen LogP contribution is 2.01. The average molecular weight is 139 g/mol. The molecular weight excluding hydrogens is 130 g/mol. The Morgan fingerprint density at radius 3 is 2.70 bits per heavy atom. The molecule has 0 N–H and O–H groups in total. The first-order valence-electron chi connectivity index (χ1n) is 3.00. The van der Waals surface area contributed by atoms with Crippen LogP contribution in [0, 0.1) is 0 Å². The Balaban J connectivity index is 4.32. The van der Waals surface area contributed by atoms with E-state index in [2.05, 4.69) is 10.0 Å². The molecule has 0 unspecified atom stereocenters. The second kappa shape index (κ2) is 4.58. The average Bonchev–Trinajstić information content (AvgIpc) is 1.91. The Labute approximate surface area is 59.2 Å². The van der Waals surface area contributed by atoms with Crippen molar-refractivity contribution in [2.75, 3.05) is 0 Å². The third-order valence-electron chi connectivity index (χ3n) is 1.14. The van der Waals surface area contributed by atoms with E-state index < -0.39 is 5.91 Å². The van der Waals surface area contributed by atoms with Crippen molar-refractivity contribution in [2.24, 2.45) is 5.11 Å². The Hall–Kier alpha value is -1.28. The number of nitrogens with zero attached hydrogens (tertiary/aromatic N) is 3. The molecule has 0 radical (unpaired) electrons. The molecule has 1 amide bonds. The van der Waals surface area contributed by atoms with Gasteiger partial charge in [-0.3, -0.25) is 4.79 Å². The highest BCUT2D eigenvalue weighted by atomic mass is 16.1. The summed E-state index contributed by atoms with van der Waals surface area (Å²) in [7, 11) is 0. The summed E-state index contributed by atoms with van der Waals surface area (Å²) >= 11 is 0. The minimum Gasteiger partial charge on any atom is -0.287 e. The quantitative estimate of drug-likeness (QED) is 0.250. The number of amides is 1. The Morgan fingerprint density at radius 1 is 1.80 bits per heavy atom. The molecular formula is C6H9N3O. The molecule has 0 saturated heterocycles. The summed E-state index contributed by atoms with van der Waals surface area (Å²) in [6.07, 6.45) is 2.26. The van der Waals surface area contributed by atoms with E-state index in [0.717, 1.165) is 0 Å². The monoisotopic (exact) mass is 139 g/mol.